The predicted molar refractivity (Wildman–Crippen MR) is 192 cm³/mol. The molecule has 0 radical (unpaired) electrons. The van der Waals surface area contributed by atoms with Gasteiger partial charge in [-0.3, -0.25) is 4.79 Å². The van der Waals surface area contributed by atoms with E-state index < -0.39 is 78.2 Å². The quantitative estimate of drug-likeness (QED) is 0.155. The van der Waals surface area contributed by atoms with Crippen LogP contribution in [0.2, 0.25) is 0 Å². The van der Waals surface area contributed by atoms with Gasteiger partial charge in [0.15, 0.2) is 12.6 Å². The van der Waals surface area contributed by atoms with Crippen LogP contribution in [0.3, 0.4) is 0 Å². The Hall–Kier alpha value is -1.19. The molecule has 5 aliphatic carbocycles. The minimum absolute atomic E-state index is 0.0360. The number of carbonyl (C=O) groups is 1. The summed E-state index contributed by atoms with van der Waals surface area (Å²) in [6.45, 7) is 15.1. The van der Waals surface area contributed by atoms with Crippen molar-refractivity contribution in [2.45, 2.75) is 174 Å². The maximum Gasteiger partial charge on any atom is 0.310 e. The molecule has 2 aliphatic heterocycles. The molecule has 0 aromatic heterocycles. The van der Waals surface area contributed by atoms with Gasteiger partial charge in [-0.2, -0.15) is 0 Å². The molecule has 6 fully saturated rings. The van der Waals surface area contributed by atoms with E-state index in [4.69, 9.17) is 18.9 Å². The SMILES string of the molecule is C[C@@H]1O[C@@H](O[C@H]2[C@H](O[C@H]3CC[C@@]4(C)C(CC[C@]5(C)C4CC=C4C6CC(C)(C)CC[C@]6(C(=O)O)CC[C@]45C)[C@]3(C)CO)OC[C@H](O)[C@@H]2O)[C@H](O)[C@H](O)[C@H]1O. The van der Waals surface area contributed by atoms with Gasteiger partial charge in [0.25, 0.3) is 0 Å². The van der Waals surface area contributed by atoms with Gasteiger partial charge < -0.3 is 54.7 Å². The Labute approximate surface area is 314 Å². The molecule has 3 unspecified atom stereocenters. The molecular formula is C41H66O12. The van der Waals surface area contributed by atoms with Crippen LogP contribution in [0, 0.1) is 50.2 Å². The molecule has 0 aromatic carbocycles. The molecule has 302 valence electrons. The average molecular weight is 751 g/mol. The lowest BCUT2D eigenvalue weighted by Gasteiger charge is -2.71. The van der Waals surface area contributed by atoms with Crippen LogP contribution in [-0.4, -0.2) is 116 Å². The number of ether oxygens (including phenoxy) is 4. The molecular weight excluding hydrogens is 684 g/mol. The highest BCUT2D eigenvalue weighted by Crippen LogP contribution is 2.76. The highest BCUT2D eigenvalue weighted by atomic mass is 16.8. The first-order valence-electron chi connectivity index (χ1n) is 20.2. The van der Waals surface area contributed by atoms with Crippen LogP contribution >= 0.6 is 0 Å². The predicted octanol–water partition coefficient (Wildman–Crippen LogP) is 3.52. The molecule has 12 nitrogen and oxygen atoms in total. The van der Waals surface area contributed by atoms with E-state index in [1.54, 1.807) is 0 Å². The van der Waals surface area contributed by atoms with E-state index in [1.807, 2.05) is 0 Å². The van der Waals surface area contributed by atoms with Gasteiger partial charge in [-0.05, 0) is 111 Å². The molecule has 7 aliphatic rings. The number of hydrogen-bond acceptors (Lipinski definition) is 11. The van der Waals surface area contributed by atoms with Gasteiger partial charge in [-0.1, -0.05) is 53.2 Å². The second-order valence-electron chi connectivity index (χ2n) is 20.0. The molecule has 0 bridgehead atoms. The third kappa shape index (κ3) is 5.85. The van der Waals surface area contributed by atoms with Crippen LogP contribution < -0.4 is 0 Å². The summed E-state index contributed by atoms with van der Waals surface area (Å²) in [5.74, 6) is -0.194. The standard InChI is InChI=1S/C41H66O12/c1-21-28(44)30(46)31(47)33(51-21)53-32-29(45)24(43)19-50-34(32)52-27-11-12-37(4)25(38(27,5)20-42)10-13-40(7)26(37)9-8-22-23-18-36(2,3)14-16-41(23,35(48)49)17-15-39(22,40)6/h8,21,23-34,42-47H,9-20H2,1-7H3,(H,48,49)/t21-,23?,24-,25?,26?,27-,28-,29-,30+,31+,32+,33-,34-,37-,38-,39+,40+,41-/m0/s1. The third-order valence-electron chi connectivity index (χ3n) is 17.0. The van der Waals surface area contributed by atoms with Gasteiger partial charge in [0.2, 0.25) is 0 Å². The monoisotopic (exact) mass is 750 g/mol. The molecule has 0 amide bonds. The number of allylic oxidation sites excluding steroid dienone is 2. The van der Waals surface area contributed by atoms with E-state index >= 15 is 0 Å². The lowest BCUT2D eigenvalue weighted by atomic mass is 9.33. The van der Waals surface area contributed by atoms with E-state index in [-0.39, 0.29) is 46.7 Å². The van der Waals surface area contributed by atoms with E-state index in [2.05, 4.69) is 47.6 Å². The minimum Gasteiger partial charge on any atom is -0.481 e. The molecule has 2 saturated heterocycles. The zero-order valence-electron chi connectivity index (χ0n) is 32.7. The first-order valence-corrected chi connectivity index (χ1v) is 20.2. The van der Waals surface area contributed by atoms with Crippen molar-refractivity contribution >= 4 is 5.97 Å². The van der Waals surface area contributed by atoms with Crippen molar-refractivity contribution in [3.63, 3.8) is 0 Å². The molecule has 0 spiro atoms. The van der Waals surface area contributed by atoms with Crippen molar-refractivity contribution in [1.29, 1.82) is 0 Å². The Balaban J connectivity index is 1.15. The van der Waals surface area contributed by atoms with Gasteiger partial charge in [-0.25, -0.2) is 0 Å². The molecule has 0 aromatic rings. The molecule has 7 N–H and O–H groups in total. The first-order chi connectivity index (χ1) is 24.7. The lowest BCUT2D eigenvalue weighted by molar-refractivity contribution is -0.365. The number of carboxylic acid groups (broad SMARTS) is 1. The summed E-state index contributed by atoms with van der Waals surface area (Å²) in [6.07, 6.45) is -1.79. The summed E-state index contributed by atoms with van der Waals surface area (Å²) in [6, 6.07) is 0. The summed E-state index contributed by atoms with van der Waals surface area (Å²) in [5.41, 5.74) is -0.239. The molecule has 7 rings (SSSR count). The van der Waals surface area contributed by atoms with Gasteiger partial charge in [0.05, 0.1) is 30.8 Å². The Morgan fingerprint density at radius 2 is 1.53 bits per heavy atom. The van der Waals surface area contributed by atoms with Crippen molar-refractivity contribution in [3.8, 4) is 0 Å². The Morgan fingerprint density at radius 3 is 2.21 bits per heavy atom. The summed E-state index contributed by atoms with van der Waals surface area (Å²) in [4.78, 5) is 13.0. The summed E-state index contributed by atoms with van der Waals surface area (Å²) < 4.78 is 24.3. The van der Waals surface area contributed by atoms with Crippen LogP contribution in [0.5, 0.6) is 0 Å². The van der Waals surface area contributed by atoms with E-state index in [9.17, 15) is 40.5 Å². The maximum absolute atomic E-state index is 13.0. The number of hydrogen-bond donors (Lipinski definition) is 7. The lowest BCUT2D eigenvalue weighted by Crippen LogP contribution is -2.67. The van der Waals surface area contributed by atoms with E-state index in [1.165, 1.54) is 12.5 Å². The average Bonchev–Trinajstić information content (AvgIpc) is 3.10. The van der Waals surface area contributed by atoms with Gasteiger partial charge in [0.1, 0.15) is 36.6 Å². The number of aliphatic hydroxyl groups excluding tert-OH is 6. The summed E-state index contributed by atoms with van der Waals surface area (Å²) >= 11 is 0. The summed E-state index contributed by atoms with van der Waals surface area (Å²) in [5, 5.41) is 74.9. The number of carboxylic acids is 1. The van der Waals surface area contributed by atoms with Crippen molar-refractivity contribution in [2.75, 3.05) is 13.2 Å². The van der Waals surface area contributed by atoms with Crippen LogP contribution in [0.15, 0.2) is 11.6 Å². The van der Waals surface area contributed by atoms with Gasteiger partial charge in [0, 0.05) is 5.41 Å². The van der Waals surface area contributed by atoms with E-state index in [0.29, 0.717) is 18.8 Å². The Morgan fingerprint density at radius 1 is 0.830 bits per heavy atom. The molecule has 2 heterocycles. The fraction of sp³-hybridized carbons (Fsp3) is 0.927. The second-order valence-corrected chi connectivity index (χ2v) is 20.0. The van der Waals surface area contributed by atoms with Crippen molar-refractivity contribution in [1.82, 2.24) is 0 Å². The highest BCUT2D eigenvalue weighted by molar-refractivity contribution is 5.76. The highest BCUT2D eigenvalue weighted by Gasteiger charge is 2.70. The topological polar surface area (TPSA) is 196 Å². The zero-order chi connectivity index (χ0) is 38.7. The molecule has 18 atom stereocenters. The van der Waals surface area contributed by atoms with Crippen LogP contribution in [-0.2, 0) is 23.7 Å². The fourth-order valence-electron chi connectivity index (χ4n) is 13.3. The van der Waals surface area contributed by atoms with E-state index in [0.717, 1.165) is 51.4 Å². The number of aliphatic carboxylic acids is 1. The number of rotatable bonds is 6. The first kappa shape index (κ1) is 40.0. The Kier molecular flexibility index (Phi) is 10.2. The van der Waals surface area contributed by atoms with Crippen LogP contribution in [0.25, 0.3) is 0 Å². The smallest absolute Gasteiger partial charge is 0.310 e. The third-order valence-corrected chi connectivity index (χ3v) is 17.0. The largest absolute Gasteiger partial charge is 0.481 e. The minimum atomic E-state index is -1.62. The van der Waals surface area contributed by atoms with Gasteiger partial charge in [-0.15, -0.1) is 0 Å². The molecule has 12 heteroatoms. The van der Waals surface area contributed by atoms with Crippen molar-refractivity contribution < 1.29 is 59.5 Å². The van der Waals surface area contributed by atoms with Gasteiger partial charge >= 0.3 is 5.97 Å². The Bertz CT molecular complexity index is 1440. The second kappa shape index (κ2) is 13.5. The molecule has 53 heavy (non-hydrogen) atoms. The van der Waals surface area contributed by atoms with Crippen LogP contribution in [0.1, 0.15) is 113 Å². The summed E-state index contributed by atoms with van der Waals surface area (Å²) in [7, 11) is 0. The van der Waals surface area contributed by atoms with Crippen molar-refractivity contribution in [3.05, 3.63) is 11.6 Å². The maximum atomic E-state index is 13.0. The number of fused-ring (bicyclic) bond motifs is 7. The normalized spacial score (nSPS) is 55.1. The fourth-order valence-corrected chi connectivity index (χ4v) is 13.3. The number of aliphatic hydroxyl groups is 6. The molecule has 4 saturated carbocycles. The van der Waals surface area contributed by atoms with Crippen molar-refractivity contribution in [2.24, 2.45) is 50.2 Å². The zero-order valence-corrected chi connectivity index (χ0v) is 32.7. The van der Waals surface area contributed by atoms with Crippen LogP contribution in [0.4, 0.5) is 0 Å².